The lowest BCUT2D eigenvalue weighted by atomic mass is 10.1. The first-order chi connectivity index (χ1) is 15.0. The number of amidine groups is 1. The second kappa shape index (κ2) is 10.4. The second-order valence-corrected chi connectivity index (χ2v) is 7.01. The van der Waals surface area contributed by atoms with Crippen LogP contribution < -0.4 is 14.4 Å². The van der Waals surface area contributed by atoms with E-state index in [9.17, 15) is 4.79 Å². The van der Waals surface area contributed by atoms with E-state index in [1.54, 1.807) is 11.8 Å². The first kappa shape index (κ1) is 22.1. The van der Waals surface area contributed by atoms with Gasteiger partial charge in [0.25, 0.3) is 0 Å². The maximum absolute atomic E-state index is 12.8. The summed E-state index contributed by atoms with van der Waals surface area (Å²) in [5, 5.41) is 0. The minimum atomic E-state index is -0.130. The number of anilines is 1. The van der Waals surface area contributed by atoms with Gasteiger partial charge in [0.05, 0.1) is 24.6 Å². The van der Waals surface area contributed by atoms with Crippen LogP contribution in [0.1, 0.15) is 31.9 Å². The first-order valence-corrected chi connectivity index (χ1v) is 10.4. The molecule has 0 fully saturated rings. The van der Waals surface area contributed by atoms with Crippen molar-refractivity contribution in [2.45, 2.75) is 27.7 Å². The number of amides is 1. The van der Waals surface area contributed by atoms with E-state index in [0.29, 0.717) is 19.0 Å². The zero-order valence-corrected chi connectivity index (χ0v) is 18.5. The monoisotopic (exact) mass is 416 g/mol. The fraction of sp³-hybridized carbons (Fsp3) is 0.231. The Hall–Kier alpha value is -3.60. The molecule has 0 atom stereocenters. The molecule has 3 rings (SSSR count). The van der Waals surface area contributed by atoms with Crippen LogP contribution in [0, 0.1) is 6.92 Å². The van der Waals surface area contributed by atoms with Crippen LogP contribution in [0.3, 0.4) is 0 Å². The molecule has 3 aromatic rings. The van der Waals surface area contributed by atoms with Crippen molar-refractivity contribution in [2.24, 2.45) is 4.99 Å². The van der Waals surface area contributed by atoms with Crippen molar-refractivity contribution < 1.29 is 14.3 Å². The van der Waals surface area contributed by atoms with E-state index < -0.39 is 0 Å². The quantitative estimate of drug-likeness (QED) is 0.355. The third-order valence-corrected chi connectivity index (χ3v) is 4.63. The molecule has 31 heavy (non-hydrogen) atoms. The van der Waals surface area contributed by atoms with Crippen molar-refractivity contribution in [3.05, 3.63) is 83.9 Å². The van der Waals surface area contributed by atoms with Crippen LogP contribution in [0.5, 0.6) is 11.5 Å². The summed E-state index contributed by atoms with van der Waals surface area (Å²) in [7, 11) is 0. The van der Waals surface area contributed by atoms with E-state index in [4.69, 9.17) is 14.5 Å². The Balaban J connectivity index is 2.08. The van der Waals surface area contributed by atoms with E-state index >= 15 is 0 Å². The Kier molecular flexibility index (Phi) is 7.44. The molecule has 0 aliphatic carbocycles. The van der Waals surface area contributed by atoms with Crippen LogP contribution >= 0.6 is 0 Å². The molecular formula is C26H28N2O3. The minimum absolute atomic E-state index is 0.130. The van der Waals surface area contributed by atoms with Gasteiger partial charge in [-0.05, 0) is 69.3 Å². The molecule has 0 N–H and O–H groups in total. The Labute approximate surface area is 184 Å². The first-order valence-electron chi connectivity index (χ1n) is 10.4. The van der Waals surface area contributed by atoms with Crippen LogP contribution in [0.2, 0.25) is 0 Å². The van der Waals surface area contributed by atoms with Crippen molar-refractivity contribution in [3.63, 3.8) is 0 Å². The molecular weight excluding hydrogens is 388 g/mol. The van der Waals surface area contributed by atoms with Crippen molar-refractivity contribution in [2.75, 3.05) is 18.1 Å². The average Bonchev–Trinajstić information content (AvgIpc) is 2.76. The zero-order valence-electron chi connectivity index (χ0n) is 18.5. The van der Waals surface area contributed by atoms with Crippen molar-refractivity contribution in [1.82, 2.24) is 0 Å². The zero-order chi connectivity index (χ0) is 22.2. The highest BCUT2D eigenvalue weighted by Crippen LogP contribution is 2.25. The van der Waals surface area contributed by atoms with Crippen LogP contribution in [-0.4, -0.2) is 25.0 Å². The Morgan fingerprint density at radius 3 is 1.81 bits per heavy atom. The predicted molar refractivity (Wildman–Crippen MR) is 126 cm³/mol. The smallest absolute Gasteiger partial charge is 0.229 e. The summed E-state index contributed by atoms with van der Waals surface area (Å²) < 4.78 is 11.1. The molecule has 0 saturated heterocycles. The molecule has 3 aromatic carbocycles. The number of rotatable bonds is 7. The Bertz CT molecular complexity index is 1020. The van der Waals surface area contributed by atoms with E-state index in [1.807, 2.05) is 93.6 Å². The average molecular weight is 417 g/mol. The summed E-state index contributed by atoms with van der Waals surface area (Å²) in [6.45, 7) is 8.65. The summed E-state index contributed by atoms with van der Waals surface area (Å²) in [5.41, 5.74) is 3.45. The topological polar surface area (TPSA) is 51.1 Å². The number of ether oxygens (including phenoxy) is 2. The maximum Gasteiger partial charge on any atom is 0.229 e. The molecule has 5 heteroatoms. The van der Waals surface area contributed by atoms with E-state index in [0.717, 1.165) is 34.0 Å². The molecule has 0 radical (unpaired) electrons. The highest BCUT2D eigenvalue weighted by atomic mass is 16.5. The molecule has 0 unspecified atom stereocenters. The Morgan fingerprint density at radius 1 is 0.806 bits per heavy atom. The molecule has 0 saturated carbocycles. The molecule has 0 aliphatic heterocycles. The molecule has 5 nitrogen and oxygen atoms in total. The number of nitrogens with zero attached hydrogens (tertiary/aromatic N) is 2. The summed E-state index contributed by atoms with van der Waals surface area (Å²) in [5.74, 6) is 1.97. The molecule has 0 bridgehead atoms. The summed E-state index contributed by atoms with van der Waals surface area (Å²) >= 11 is 0. The fourth-order valence-corrected chi connectivity index (χ4v) is 3.16. The number of hydrogen-bond donors (Lipinski definition) is 0. The third-order valence-electron chi connectivity index (χ3n) is 4.63. The highest BCUT2D eigenvalue weighted by molar-refractivity contribution is 6.23. The number of hydrogen-bond acceptors (Lipinski definition) is 4. The number of benzene rings is 3. The lowest BCUT2D eigenvalue weighted by Gasteiger charge is -2.24. The molecule has 1 amide bonds. The molecule has 0 aromatic heterocycles. The second-order valence-electron chi connectivity index (χ2n) is 7.01. The number of carbonyl (C=O) groups excluding carboxylic acids is 1. The van der Waals surface area contributed by atoms with Gasteiger partial charge in [0.15, 0.2) is 0 Å². The van der Waals surface area contributed by atoms with Gasteiger partial charge in [0, 0.05) is 12.5 Å². The van der Waals surface area contributed by atoms with E-state index in [-0.39, 0.29) is 5.91 Å². The van der Waals surface area contributed by atoms with E-state index in [1.165, 1.54) is 0 Å². The van der Waals surface area contributed by atoms with Gasteiger partial charge in [-0.2, -0.15) is 0 Å². The third kappa shape index (κ3) is 5.72. The molecule has 0 aliphatic rings. The lowest BCUT2D eigenvalue weighted by molar-refractivity contribution is -0.115. The SMILES string of the molecule is CCOc1ccc(N=C(c2ccc(C)cc2)N(C(C)=O)c2ccc(OCC)cc2)cc1. The molecule has 0 spiro atoms. The van der Waals surface area contributed by atoms with Crippen LogP contribution in [0.4, 0.5) is 11.4 Å². The van der Waals surface area contributed by atoms with Crippen LogP contribution in [0.25, 0.3) is 0 Å². The molecule has 0 heterocycles. The van der Waals surface area contributed by atoms with Crippen molar-refractivity contribution in [3.8, 4) is 11.5 Å². The van der Waals surface area contributed by atoms with Crippen LogP contribution in [-0.2, 0) is 4.79 Å². The largest absolute Gasteiger partial charge is 0.494 e. The van der Waals surface area contributed by atoms with Gasteiger partial charge >= 0.3 is 0 Å². The van der Waals surface area contributed by atoms with Crippen molar-refractivity contribution >= 4 is 23.1 Å². The Morgan fingerprint density at radius 2 is 1.32 bits per heavy atom. The van der Waals surface area contributed by atoms with Crippen molar-refractivity contribution in [1.29, 1.82) is 0 Å². The van der Waals surface area contributed by atoms with Gasteiger partial charge in [-0.3, -0.25) is 9.69 Å². The van der Waals surface area contributed by atoms with E-state index in [2.05, 4.69) is 0 Å². The van der Waals surface area contributed by atoms with Gasteiger partial charge in [-0.25, -0.2) is 4.99 Å². The number of carbonyl (C=O) groups is 1. The maximum atomic E-state index is 12.8. The van der Waals surface area contributed by atoms with Gasteiger partial charge in [0.2, 0.25) is 5.91 Å². The number of aryl methyl sites for hydroxylation is 1. The predicted octanol–water partition coefficient (Wildman–Crippen LogP) is 5.92. The van der Waals surface area contributed by atoms with Gasteiger partial charge in [0.1, 0.15) is 17.3 Å². The fourth-order valence-electron chi connectivity index (χ4n) is 3.16. The summed E-state index contributed by atoms with van der Waals surface area (Å²) in [4.78, 5) is 19.2. The lowest BCUT2D eigenvalue weighted by Crippen LogP contribution is -2.35. The summed E-state index contributed by atoms with van der Waals surface area (Å²) in [6.07, 6.45) is 0. The molecule has 160 valence electrons. The highest BCUT2D eigenvalue weighted by Gasteiger charge is 2.20. The van der Waals surface area contributed by atoms with Gasteiger partial charge in [-0.15, -0.1) is 0 Å². The van der Waals surface area contributed by atoms with Gasteiger partial charge in [-0.1, -0.05) is 29.8 Å². The minimum Gasteiger partial charge on any atom is -0.494 e. The standard InChI is InChI=1S/C26H28N2O3/c1-5-30-24-15-11-22(12-16-24)27-26(21-9-7-19(3)8-10-21)28(20(4)29)23-13-17-25(18-14-23)31-6-2/h7-18H,5-6H2,1-4H3. The number of aliphatic imine (C=N–C) groups is 1. The normalized spacial score (nSPS) is 11.2. The summed E-state index contributed by atoms with van der Waals surface area (Å²) in [6, 6.07) is 23.0. The van der Waals surface area contributed by atoms with Crippen LogP contribution in [0.15, 0.2) is 77.8 Å². The van der Waals surface area contributed by atoms with Gasteiger partial charge < -0.3 is 9.47 Å².